The molecule has 1 heterocycles. The van der Waals surface area contributed by atoms with Crippen LogP contribution in [0.15, 0.2) is 146 Å². The molecule has 2 aliphatic carbocycles. The molecule has 1 aromatic heterocycles. The lowest BCUT2D eigenvalue weighted by atomic mass is 9.70. The molecule has 202 valence electrons. The maximum Gasteiger partial charge on any atom is 0.0726 e. The standard InChI is InChI=1S/C43H24S/c1-2-12-28-27(11-1)32-17-10-21-37-40(32)41-34(28)23-25(26-16-9-18-33-31-15-5-8-22-39(31)44-42(26)33)24-38(41)43(37)35-19-6-3-13-29(35)30-14-4-7-20-36(30)43/h1-24H. The number of hydrogen-bond donors (Lipinski definition) is 0. The van der Waals surface area contributed by atoms with Gasteiger partial charge in [-0.15, -0.1) is 11.3 Å². The molecule has 0 amide bonds. The first-order valence-corrected chi connectivity index (χ1v) is 16.2. The van der Waals surface area contributed by atoms with Gasteiger partial charge < -0.3 is 0 Å². The minimum Gasteiger partial charge on any atom is -0.135 e. The van der Waals surface area contributed by atoms with E-state index < -0.39 is 0 Å². The summed E-state index contributed by atoms with van der Waals surface area (Å²) in [6, 6.07) is 55.0. The van der Waals surface area contributed by atoms with Gasteiger partial charge in [0.25, 0.3) is 0 Å². The normalized spacial score (nSPS) is 14.1. The predicted molar refractivity (Wildman–Crippen MR) is 188 cm³/mol. The van der Waals surface area contributed by atoms with Crippen LogP contribution in [0.5, 0.6) is 0 Å². The van der Waals surface area contributed by atoms with Gasteiger partial charge in [0, 0.05) is 20.2 Å². The summed E-state index contributed by atoms with van der Waals surface area (Å²) in [7, 11) is 0. The van der Waals surface area contributed by atoms with Crippen LogP contribution in [-0.4, -0.2) is 0 Å². The van der Waals surface area contributed by atoms with E-state index in [-0.39, 0.29) is 5.41 Å². The van der Waals surface area contributed by atoms with Gasteiger partial charge >= 0.3 is 0 Å². The lowest BCUT2D eigenvalue weighted by molar-refractivity contribution is 0.797. The van der Waals surface area contributed by atoms with E-state index in [0.29, 0.717) is 0 Å². The fourth-order valence-corrected chi connectivity index (χ4v) is 10.1. The fourth-order valence-electron chi connectivity index (χ4n) is 8.82. The van der Waals surface area contributed by atoms with Crippen LogP contribution in [0.4, 0.5) is 0 Å². The summed E-state index contributed by atoms with van der Waals surface area (Å²) < 4.78 is 2.71. The second-order valence-corrected chi connectivity index (χ2v) is 13.4. The second kappa shape index (κ2) is 8.02. The van der Waals surface area contributed by atoms with Gasteiger partial charge in [0.05, 0.1) is 5.41 Å². The highest BCUT2D eigenvalue weighted by molar-refractivity contribution is 7.26. The Labute approximate surface area is 258 Å². The number of fused-ring (bicyclic) bond motifs is 13. The van der Waals surface area contributed by atoms with Crippen LogP contribution in [0.3, 0.4) is 0 Å². The quantitative estimate of drug-likeness (QED) is 0.172. The molecule has 2 aliphatic rings. The van der Waals surface area contributed by atoms with Crippen molar-refractivity contribution in [3.05, 3.63) is 168 Å². The molecule has 0 atom stereocenters. The molecule has 44 heavy (non-hydrogen) atoms. The van der Waals surface area contributed by atoms with Crippen LogP contribution in [0.2, 0.25) is 0 Å². The fraction of sp³-hybridized carbons (Fsp3) is 0.0233. The lowest BCUT2D eigenvalue weighted by Crippen LogP contribution is -2.26. The Balaban J connectivity index is 1.38. The third kappa shape index (κ3) is 2.59. The molecule has 0 unspecified atom stereocenters. The topological polar surface area (TPSA) is 0 Å². The molecule has 0 nitrogen and oxygen atoms in total. The molecule has 0 radical (unpaired) electrons. The average molecular weight is 573 g/mol. The molecule has 8 aromatic carbocycles. The van der Waals surface area contributed by atoms with E-state index >= 15 is 0 Å². The summed E-state index contributed by atoms with van der Waals surface area (Å²) >= 11 is 1.92. The summed E-state index contributed by atoms with van der Waals surface area (Å²) in [5, 5.41) is 10.9. The third-order valence-electron chi connectivity index (χ3n) is 10.4. The number of benzene rings is 8. The largest absolute Gasteiger partial charge is 0.135 e. The molecule has 0 bridgehead atoms. The van der Waals surface area contributed by atoms with E-state index in [1.54, 1.807) is 0 Å². The first-order chi connectivity index (χ1) is 21.8. The Hall–Kier alpha value is -5.24. The molecule has 0 N–H and O–H groups in total. The molecular formula is C43H24S. The molecular weight excluding hydrogens is 549 g/mol. The van der Waals surface area contributed by atoms with Crippen LogP contribution in [0.1, 0.15) is 22.3 Å². The number of hydrogen-bond acceptors (Lipinski definition) is 1. The zero-order valence-electron chi connectivity index (χ0n) is 23.8. The maximum absolute atomic E-state index is 2.55. The highest BCUT2D eigenvalue weighted by atomic mass is 32.1. The van der Waals surface area contributed by atoms with Crippen molar-refractivity contribution < 1.29 is 0 Å². The Kier molecular flexibility index (Phi) is 4.24. The minimum atomic E-state index is -0.366. The van der Waals surface area contributed by atoms with E-state index in [9.17, 15) is 0 Å². The van der Waals surface area contributed by atoms with Crippen molar-refractivity contribution in [2.24, 2.45) is 0 Å². The van der Waals surface area contributed by atoms with E-state index in [0.717, 1.165) is 0 Å². The summed E-state index contributed by atoms with van der Waals surface area (Å²) in [4.78, 5) is 0. The minimum absolute atomic E-state index is 0.366. The predicted octanol–water partition coefficient (Wildman–Crippen LogP) is 11.9. The highest BCUT2D eigenvalue weighted by Gasteiger charge is 2.51. The van der Waals surface area contributed by atoms with Gasteiger partial charge in [0.2, 0.25) is 0 Å². The van der Waals surface area contributed by atoms with Gasteiger partial charge in [-0.3, -0.25) is 0 Å². The smallest absolute Gasteiger partial charge is 0.0726 e. The van der Waals surface area contributed by atoms with E-state index in [2.05, 4.69) is 146 Å². The van der Waals surface area contributed by atoms with Gasteiger partial charge in [0.15, 0.2) is 0 Å². The van der Waals surface area contributed by atoms with Crippen molar-refractivity contribution >= 4 is 63.8 Å². The summed E-state index contributed by atoms with van der Waals surface area (Å²) in [6.45, 7) is 0. The Morgan fingerprint density at radius 1 is 0.364 bits per heavy atom. The first kappa shape index (κ1) is 23.2. The molecule has 9 aromatic rings. The SMILES string of the molecule is c1ccc2c(c1)-c1ccccc1C21c2cccc3c4ccccc4c4cc(-c5cccc6c5sc5ccccc56)cc1c4c23. The third-order valence-corrected chi connectivity index (χ3v) is 11.7. The molecule has 0 saturated carbocycles. The van der Waals surface area contributed by atoms with Gasteiger partial charge in [-0.25, -0.2) is 0 Å². The molecule has 1 spiro atoms. The van der Waals surface area contributed by atoms with E-state index in [1.165, 1.54) is 97.0 Å². The van der Waals surface area contributed by atoms with Crippen LogP contribution in [0, 0.1) is 0 Å². The zero-order valence-corrected chi connectivity index (χ0v) is 24.6. The Morgan fingerprint density at radius 3 is 1.70 bits per heavy atom. The van der Waals surface area contributed by atoms with Crippen LogP contribution in [-0.2, 0) is 5.41 Å². The van der Waals surface area contributed by atoms with Crippen molar-refractivity contribution in [2.75, 3.05) is 0 Å². The molecule has 0 aliphatic heterocycles. The van der Waals surface area contributed by atoms with Crippen LogP contribution < -0.4 is 0 Å². The van der Waals surface area contributed by atoms with E-state index in [1.807, 2.05) is 11.3 Å². The molecule has 0 fully saturated rings. The molecule has 1 heteroatoms. The van der Waals surface area contributed by atoms with Gasteiger partial charge in [-0.1, -0.05) is 127 Å². The van der Waals surface area contributed by atoms with Crippen molar-refractivity contribution in [2.45, 2.75) is 5.41 Å². The van der Waals surface area contributed by atoms with Gasteiger partial charge in [0.1, 0.15) is 0 Å². The Morgan fingerprint density at radius 2 is 0.909 bits per heavy atom. The first-order valence-electron chi connectivity index (χ1n) is 15.4. The number of rotatable bonds is 1. The molecule has 11 rings (SSSR count). The average Bonchev–Trinajstić information content (AvgIpc) is 3.72. The summed E-state index contributed by atoms with van der Waals surface area (Å²) in [5.74, 6) is 0. The summed E-state index contributed by atoms with van der Waals surface area (Å²) in [6.07, 6.45) is 0. The maximum atomic E-state index is 2.55. The summed E-state index contributed by atoms with van der Waals surface area (Å²) in [5.41, 5.74) is 10.6. The van der Waals surface area contributed by atoms with Gasteiger partial charge in [-0.2, -0.15) is 0 Å². The molecule has 0 saturated heterocycles. The van der Waals surface area contributed by atoms with Crippen LogP contribution in [0.25, 0.3) is 74.7 Å². The van der Waals surface area contributed by atoms with Crippen molar-refractivity contribution in [3.8, 4) is 22.3 Å². The second-order valence-electron chi connectivity index (χ2n) is 12.3. The zero-order chi connectivity index (χ0) is 28.6. The van der Waals surface area contributed by atoms with Crippen molar-refractivity contribution in [1.29, 1.82) is 0 Å². The van der Waals surface area contributed by atoms with Gasteiger partial charge in [-0.05, 0) is 95.0 Å². The highest BCUT2D eigenvalue weighted by Crippen LogP contribution is 2.63. The van der Waals surface area contributed by atoms with E-state index in [4.69, 9.17) is 0 Å². The lowest BCUT2D eigenvalue weighted by Gasteiger charge is -2.31. The number of thiophene rings is 1. The van der Waals surface area contributed by atoms with Crippen molar-refractivity contribution in [3.63, 3.8) is 0 Å². The monoisotopic (exact) mass is 572 g/mol. The Bertz CT molecular complexity index is 2680. The van der Waals surface area contributed by atoms with Crippen molar-refractivity contribution in [1.82, 2.24) is 0 Å². The van der Waals surface area contributed by atoms with Crippen LogP contribution >= 0.6 is 11.3 Å².